The Hall–Kier alpha value is -1.77. The molecule has 0 aromatic heterocycles. The van der Waals surface area contributed by atoms with Gasteiger partial charge in [0.2, 0.25) is 5.91 Å². The Labute approximate surface area is 350 Å². The third kappa shape index (κ3) is 45.2. The highest BCUT2D eigenvalue weighted by Crippen LogP contribution is 2.42. The molecule has 0 fully saturated rings. The van der Waals surface area contributed by atoms with Crippen molar-refractivity contribution < 1.29 is 37.9 Å². The molecule has 0 radical (unpaired) electrons. The third-order valence-electron chi connectivity index (χ3n) is 10.0. The normalized spacial score (nSPS) is 13.5. The van der Waals surface area contributed by atoms with Crippen molar-refractivity contribution in [2.45, 2.75) is 225 Å². The highest BCUT2D eigenvalue weighted by atomic mass is 31.2. The molecule has 0 aliphatic carbocycles. The van der Waals surface area contributed by atoms with Gasteiger partial charge in [-0.05, 0) is 70.6 Å². The van der Waals surface area contributed by atoms with E-state index in [-0.39, 0.29) is 32.1 Å². The van der Waals surface area contributed by atoms with Crippen LogP contribution in [0.5, 0.6) is 0 Å². The Morgan fingerprint density at radius 2 is 0.947 bits per heavy atom. The first-order valence-electron chi connectivity index (χ1n) is 23.5. The van der Waals surface area contributed by atoms with E-state index in [2.05, 4.69) is 55.6 Å². The average Bonchev–Trinajstić information content (AvgIpc) is 3.20. The number of allylic oxidation sites excluding steroid dienone is 6. The van der Waals surface area contributed by atoms with Gasteiger partial charge in [0.05, 0.1) is 13.2 Å². The number of aliphatic hydroxyl groups excluding tert-OH is 1. The lowest BCUT2D eigenvalue weighted by Gasteiger charge is -2.15. The van der Waals surface area contributed by atoms with Gasteiger partial charge in [-0.15, -0.1) is 0 Å². The molecule has 0 aromatic rings. The summed E-state index contributed by atoms with van der Waals surface area (Å²) in [6, 6.07) is 0. The first-order chi connectivity index (χ1) is 27.8. The number of unbranched alkanes of at least 4 members (excludes halogenated alkanes) is 25. The van der Waals surface area contributed by atoms with Gasteiger partial charge in [0.15, 0.2) is 0 Å². The lowest BCUT2D eigenvalue weighted by molar-refractivity contribution is -0.147. The van der Waals surface area contributed by atoms with Gasteiger partial charge in [0, 0.05) is 19.4 Å². The van der Waals surface area contributed by atoms with Crippen LogP contribution >= 0.6 is 7.82 Å². The molecule has 1 amide bonds. The fourth-order valence-electron chi connectivity index (χ4n) is 6.46. The van der Waals surface area contributed by atoms with E-state index in [1.807, 2.05) is 0 Å². The number of esters is 1. The minimum Gasteiger partial charge on any atom is -0.463 e. The molecule has 0 bridgehead atoms. The molecule has 2 unspecified atom stereocenters. The molecular weight excluding hydrogens is 737 g/mol. The molecule has 9 nitrogen and oxygen atoms in total. The van der Waals surface area contributed by atoms with Gasteiger partial charge >= 0.3 is 13.8 Å². The number of hydrogen-bond donors (Lipinski definition) is 3. The second-order valence-electron chi connectivity index (χ2n) is 15.7. The van der Waals surface area contributed by atoms with E-state index < -0.39 is 26.5 Å². The number of ether oxygens (including phenoxy) is 1. The average molecular weight is 826 g/mol. The lowest BCUT2D eigenvalue weighted by atomic mass is 10.1. The minimum atomic E-state index is -4.42. The second kappa shape index (κ2) is 43.8. The summed E-state index contributed by atoms with van der Waals surface area (Å²) in [4.78, 5) is 34.0. The fraction of sp³-hybridized carbons (Fsp3) is 0.830. The maximum atomic E-state index is 12.1. The predicted molar refractivity (Wildman–Crippen MR) is 238 cm³/mol. The van der Waals surface area contributed by atoms with E-state index in [1.54, 1.807) is 0 Å². The van der Waals surface area contributed by atoms with Crippen molar-refractivity contribution in [3.8, 4) is 0 Å². The maximum absolute atomic E-state index is 12.1. The Morgan fingerprint density at radius 3 is 1.44 bits per heavy atom. The van der Waals surface area contributed by atoms with Gasteiger partial charge in [-0.2, -0.15) is 0 Å². The fourth-order valence-corrected chi connectivity index (χ4v) is 7.22. The van der Waals surface area contributed by atoms with Crippen LogP contribution in [0.4, 0.5) is 0 Å². The minimum absolute atomic E-state index is 0.0771. The van der Waals surface area contributed by atoms with Gasteiger partial charge in [0.25, 0.3) is 0 Å². The Kier molecular flexibility index (Phi) is 42.4. The SMILES string of the molecule is CCCCCC/C=C\C/C=C\CCCCCCCCCC(=O)NCCOP(=O)(O)OCC(O)COC(=O)CCCCCCCCC/C=C\CCCCCCCCC. The van der Waals surface area contributed by atoms with Crippen LogP contribution in [0.2, 0.25) is 0 Å². The molecule has 10 heteroatoms. The maximum Gasteiger partial charge on any atom is 0.472 e. The second-order valence-corrected chi connectivity index (χ2v) is 17.2. The summed E-state index contributed by atoms with van der Waals surface area (Å²) < 4.78 is 26.9. The summed E-state index contributed by atoms with van der Waals surface area (Å²) in [7, 11) is -4.42. The number of amides is 1. The van der Waals surface area contributed by atoms with Crippen LogP contribution in [0, 0.1) is 0 Å². The number of rotatable bonds is 44. The molecular formula is C47H88NO8P. The number of phosphoric acid groups is 1. The van der Waals surface area contributed by atoms with Crippen LogP contribution in [0.3, 0.4) is 0 Å². The monoisotopic (exact) mass is 826 g/mol. The van der Waals surface area contributed by atoms with E-state index in [0.717, 1.165) is 51.4 Å². The van der Waals surface area contributed by atoms with Gasteiger partial charge in [-0.3, -0.25) is 18.6 Å². The number of aliphatic hydroxyl groups is 1. The van der Waals surface area contributed by atoms with E-state index in [9.17, 15) is 24.2 Å². The van der Waals surface area contributed by atoms with E-state index >= 15 is 0 Å². The molecule has 3 N–H and O–H groups in total. The van der Waals surface area contributed by atoms with Crippen LogP contribution in [-0.2, 0) is 27.9 Å². The first kappa shape index (κ1) is 55.2. The summed E-state index contributed by atoms with van der Waals surface area (Å²) in [5.41, 5.74) is 0. The van der Waals surface area contributed by atoms with Crippen LogP contribution in [0.15, 0.2) is 36.5 Å². The third-order valence-corrected chi connectivity index (χ3v) is 11.0. The van der Waals surface area contributed by atoms with Crippen molar-refractivity contribution in [1.82, 2.24) is 5.32 Å². The van der Waals surface area contributed by atoms with Gasteiger partial charge in [-0.25, -0.2) is 4.57 Å². The topological polar surface area (TPSA) is 131 Å². The lowest BCUT2D eigenvalue weighted by Crippen LogP contribution is -2.27. The van der Waals surface area contributed by atoms with Gasteiger partial charge in [0.1, 0.15) is 12.7 Å². The molecule has 0 aliphatic rings. The summed E-state index contributed by atoms with van der Waals surface area (Å²) in [5.74, 6) is -0.525. The molecule has 0 aliphatic heterocycles. The van der Waals surface area contributed by atoms with Gasteiger partial charge in [-0.1, -0.05) is 172 Å². The molecule has 57 heavy (non-hydrogen) atoms. The molecule has 2 atom stereocenters. The molecule has 0 saturated carbocycles. The quantitative estimate of drug-likeness (QED) is 0.0239. The van der Waals surface area contributed by atoms with Crippen molar-refractivity contribution in [3.63, 3.8) is 0 Å². The smallest absolute Gasteiger partial charge is 0.463 e. The summed E-state index contributed by atoms with van der Waals surface area (Å²) in [6.07, 6.45) is 49.3. The van der Waals surface area contributed by atoms with Crippen molar-refractivity contribution in [1.29, 1.82) is 0 Å². The van der Waals surface area contributed by atoms with Crippen molar-refractivity contribution in [2.75, 3.05) is 26.4 Å². The van der Waals surface area contributed by atoms with E-state index in [4.69, 9.17) is 13.8 Å². The number of nitrogens with one attached hydrogen (secondary N) is 1. The summed E-state index contributed by atoms with van der Waals surface area (Å²) in [5, 5.41) is 12.7. The Balaban J connectivity index is 3.59. The van der Waals surface area contributed by atoms with Crippen LogP contribution < -0.4 is 5.32 Å². The van der Waals surface area contributed by atoms with E-state index in [0.29, 0.717) is 6.42 Å². The first-order valence-corrected chi connectivity index (χ1v) is 25.0. The highest BCUT2D eigenvalue weighted by Gasteiger charge is 2.23. The number of phosphoric ester groups is 1. The predicted octanol–water partition coefficient (Wildman–Crippen LogP) is 13.3. The number of carbonyl (C=O) groups is 2. The molecule has 334 valence electrons. The zero-order valence-corrected chi connectivity index (χ0v) is 37.7. The molecule has 0 spiro atoms. The molecule has 0 aromatic carbocycles. The van der Waals surface area contributed by atoms with Crippen molar-refractivity contribution in [3.05, 3.63) is 36.5 Å². The Morgan fingerprint density at radius 1 is 0.544 bits per heavy atom. The molecule has 0 saturated heterocycles. The summed E-state index contributed by atoms with van der Waals surface area (Å²) >= 11 is 0. The molecule has 0 heterocycles. The zero-order valence-electron chi connectivity index (χ0n) is 36.8. The zero-order chi connectivity index (χ0) is 41.8. The number of hydrogen-bond acceptors (Lipinski definition) is 7. The van der Waals surface area contributed by atoms with Crippen LogP contribution in [0.25, 0.3) is 0 Å². The molecule has 0 rings (SSSR count). The van der Waals surface area contributed by atoms with E-state index in [1.165, 1.54) is 141 Å². The van der Waals surface area contributed by atoms with Crippen LogP contribution in [-0.4, -0.2) is 54.3 Å². The Bertz CT molecular complexity index is 1030. The highest BCUT2D eigenvalue weighted by molar-refractivity contribution is 7.47. The van der Waals surface area contributed by atoms with Crippen molar-refractivity contribution in [2.24, 2.45) is 0 Å². The largest absolute Gasteiger partial charge is 0.472 e. The number of carbonyl (C=O) groups excluding carboxylic acids is 2. The standard InChI is InChI=1S/C47H88NO8P/c1-3-5-7-9-11-13-15-17-19-21-23-25-27-29-31-33-35-37-39-46(50)48-41-42-55-57(52,53)56-44-45(49)43-54-47(51)40-38-36-34-32-30-28-26-24-22-20-18-16-14-12-10-8-6-4-2/h13,15,19-22,45,49H,3-12,14,16-18,23-44H2,1-2H3,(H,48,50)(H,52,53)/b15-13-,21-19-,22-20-. The van der Waals surface area contributed by atoms with Gasteiger partial charge < -0.3 is 20.1 Å². The van der Waals surface area contributed by atoms with Crippen LogP contribution in [0.1, 0.15) is 219 Å². The summed E-state index contributed by atoms with van der Waals surface area (Å²) in [6.45, 7) is 3.54. The van der Waals surface area contributed by atoms with Crippen molar-refractivity contribution >= 4 is 19.7 Å².